The Morgan fingerprint density at radius 3 is 2.35 bits per heavy atom. The molecule has 0 heterocycles. The Bertz CT molecular complexity index is 572. The predicted octanol–water partition coefficient (Wildman–Crippen LogP) is 1.90. The molecule has 0 saturated heterocycles. The quantitative estimate of drug-likeness (QED) is 0.815. The maximum Gasteiger partial charge on any atom is 0.309 e. The van der Waals surface area contributed by atoms with Crippen LogP contribution in [0.1, 0.15) is 44.1 Å². The van der Waals surface area contributed by atoms with Crippen LogP contribution in [0.5, 0.6) is 5.75 Å². The fourth-order valence-corrected chi connectivity index (χ4v) is 3.37. The van der Waals surface area contributed by atoms with Crippen LogP contribution in [0, 0.1) is 0 Å². The molecule has 0 bridgehead atoms. The van der Waals surface area contributed by atoms with Crippen LogP contribution >= 0.6 is 0 Å². The van der Waals surface area contributed by atoms with Crippen LogP contribution in [0.2, 0.25) is 0 Å². The van der Waals surface area contributed by atoms with Crippen molar-refractivity contribution in [3.05, 3.63) is 29.8 Å². The molecule has 0 aliphatic heterocycles. The van der Waals surface area contributed by atoms with E-state index >= 15 is 0 Å². The minimum absolute atomic E-state index is 0.0677. The number of amides is 2. The number of carbonyl (C=O) groups is 2. The van der Waals surface area contributed by atoms with Crippen LogP contribution in [0.25, 0.3) is 0 Å². The van der Waals surface area contributed by atoms with Gasteiger partial charge in [0.15, 0.2) is 0 Å². The molecule has 1 aromatic rings. The number of hydrogen-bond donors (Lipinski definition) is 2. The molecule has 3 rings (SSSR count). The molecular formula is C18H24N2O3. The van der Waals surface area contributed by atoms with Gasteiger partial charge >= 0.3 is 11.8 Å². The fraction of sp³-hybridized carbons (Fsp3) is 0.556. The molecular weight excluding hydrogens is 292 g/mol. The van der Waals surface area contributed by atoms with Crippen molar-refractivity contribution in [2.24, 2.45) is 0 Å². The molecule has 0 atom stereocenters. The van der Waals surface area contributed by atoms with Gasteiger partial charge in [0, 0.05) is 18.0 Å². The van der Waals surface area contributed by atoms with Crippen molar-refractivity contribution >= 4 is 11.8 Å². The highest BCUT2D eigenvalue weighted by Crippen LogP contribution is 2.41. The van der Waals surface area contributed by atoms with Crippen molar-refractivity contribution in [3.8, 4) is 5.75 Å². The van der Waals surface area contributed by atoms with Crippen molar-refractivity contribution in [2.75, 3.05) is 13.7 Å². The zero-order valence-electron chi connectivity index (χ0n) is 13.6. The van der Waals surface area contributed by atoms with E-state index in [1.165, 1.54) is 5.56 Å². The summed E-state index contributed by atoms with van der Waals surface area (Å²) in [6, 6.07) is 8.25. The topological polar surface area (TPSA) is 67.4 Å². The van der Waals surface area contributed by atoms with Crippen LogP contribution in [0.15, 0.2) is 24.3 Å². The summed E-state index contributed by atoms with van der Waals surface area (Å²) in [5, 5.41) is 5.57. The van der Waals surface area contributed by atoms with E-state index in [1.54, 1.807) is 7.11 Å². The van der Waals surface area contributed by atoms with Gasteiger partial charge in [0.2, 0.25) is 0 Å². The van der Waals surface area contributed by atoms with E-state index in [0.717, 1.165) is 44.3 Å². The molecule has 2 N–H and O–H groups in total. The summed E-state index contributed by atoms with van der Waals surface area (Å²) in [6.45, 7) is 0.510. The monoisotopic (exact) mass is 316 g/mol. The van der Waals surface area contributed by atoms with Gasteiger partial charge in [-0.25, -0.2) is 0 Å². The zero-order valence-corrected chi connectivity index (χ0v) is 13.6. The van der Waals surface area contributed by atoms with Gasteiger partial charge in [-0.15, -0.1) is 0 Å². The lowest BCUT2D eigenvalue weighted by Crippen LogP contribution is -2.46. The number of rotatable bonds is 5. The van der Waals surface area contributed by atoms with Gasteiger partial charge in [-0.2, -0.15) is 0 Å². The number of ether oxygens (including phenoxy) is 1. The lowest BCUT2D eigenvalue weighted by molar-refractivity contribution is -0.139. The van der Waals surface area contributed by atoms with Gasteiger partial charge < -0.3 is 15.4 Å². The predicted molar refractivity (Wildman–Crippen MR) is 87.3 cm³/mol. The first-order valence-electron chi connectivity index (χ1n) is 8.36. The first kappa shape index (κ1) is 15.8. The molecule has 0 aromatic heterocycles. The molecule has 0 radical (unpaired) electrons. The molecule has 2 aliphatic carbocycles. The lowest BCUT2D eigenvalue weighted by atomic mass is 9.78. The Morgan fingerprint density at radius 1 is 1.13 bits per heavy atom. The van der Waals surface area contributed by atoms with Crippen LogP contribution in [0.3, 0.4) is 0 Å². The SMILES string of the molecule is COc1ccc(C2(CNC(=O)C(=O)NC3CC3)CCCC2)cc1. The summed E-state index contributed by atoms with van der Waals surface area (Å²) in [4.78, 5) is 23.8. The summed E-state index contributed by atoms with van der Waals surface area (Å²) >= 11 is 0. The summed E-state index contributed by atoms with van der Waals surface area (Å²) in [6.07, 6.45) is 6.32. The Balaban J connectivity index is 1.65. The molecule has 2 fully saturated rings. The van der Waals surface area contributed by atoms with Crippen molar-refractivity contribution in [3.63, 3.8) is 0 Å². The minimum atomic E-state index is -0.517. The van der Waals surface area contributed by atoms with Gasteiger partial charge in [0.1, 0.15) is 5.75 Å². The van der Waals surface area contributed by atoms with Crippen LogP contribution in [-0.4, -0.2) is 31.5 Å². The van der Waals surface area contributed by atoms with Gasteiger partial charge in [-0.05, 0) is 43.4 Å². The van der Waals surface area contributed by atoms with Gasteiger partial charge in [0.05, 0.1) is 7.11 Å². The van der Waals surface area contributed by atoms with Gasteiger partial charge in [-0.3, -0.25) is 9.59 Å². The van der Waals surface area contributed by atoms with Crippen molar-refractivity contribution in [1.82, 2.24) is 10.6 Å². The Morgan fingerprint density at radius 2 is 1.78 bits per heavy atom. The molecule has 2 aliphatic rings. The normalized spacial score (nSPS) is 19.2. The van der Waals surface area contributed by atoms with E-state index < -0.39 is 11.8 Å². The molecule has 124 valence electrons. The number of methoxy groups -OCH3 is 1. The third kappa shape index (κ3) is 3.66. The van der Waals surface area contributed by atoms with E-state index in [-0.39, 0.29) is 11.5 Å². The molecule has 0 spiro atoms. The van der Waals surface area contributed by atoms with E-state index in [1.807, 2.05) is 12.1 Å². The lowest BCUT2D eigenvalue weighted by Gasteiger charge is -2.30. The minimum Gasteiger partial charge on any atom is -0.497 e. The van der Waals surface area contributed by atoms with Crippen molar-refractivity contribution < 1.29 is 14.3 Å². The average molecular weight is 316 g/mol. The second-order valence-corrected chi connectivity index (χ2v) is 6.65. The zero-order chi connectivity index (χ0) is 16.3. The van der Waals surface area contributed by atoms with Crippen molar-refractivity contribution in [1.29, 1.82) is 0 Å². The van der Waals surface area contributed by atoms with Crippen LogP contribution in [-0.2, 0) is 15.0 Å². The smallest absolute Gasteiger partial charge is 0.309 e. The maximum atomic E-state index is 12.0. The van der Waals surface area contributed by atoms with E-state index in [0.29, 0.717) is 6.54 Å². The van der Waals surface area contributed by atoms with E-state index in [2.05, 4.69) is 22.8 Å². The molecule has 0 unspecified atom stereocenters. The van der Waals surface area contributed by atoms with Crippen LogP contribution < -0.4 is 15.4 Å². The molecule has 1 aromatic carbocycles. The second-order valence-electron chi connectivity index (χ2n) is 6.65. The summed E-state index contributed by atoms with van der Waals surface area (Å²) in [7, 11) is 1.65. The summed E-state index contributed by atoms with van der Waals surface area (Å²) < 4.78 is 5.21. The van der Waals surface area contributed by atoms with Gasteiger partial charge in [0.25, 0.3) is 0 Å². The Hall–Kier alpha value is -2.04. The molecule has 23 heavy (non-hydrogen) atoms. The third-order valence-electron chi connectivity index (χ3n) is 4.97. The number of carbonyl (C=O) groups excluding carboxylic acids is 2. The fourth-order valence-electron chi connectivity index (χ4n) is 3.37. The van der Waals surface area contributed by atoms with Crippen molar-refractivity contribution in [2.45, 2.75) is 50.0 Å². The van der Waals surface area contributed by atoms with E-state index in [9.17, 15) is 9.59 Å². The third-order valence-corrected chi connectivity index (χ3v) is 4.97. The first-order chi connectivity index (χ1) is 11.1. The Kier molecular flexibility index (Phi) is 4.55. The molecule has 5 nitrogen and oxygen atoms in total. The highest BCUT2D eigenvalue weighted by molar-refractivity contribution is 6.35. The first-order valence-corrected chi connectivity index (χ1v) is 8.36. The molecule has 5 heteroatoms. The largest absolute Gasteiger partial charge is 0.497 e. The second kappa shape index (κ2) is 6.60. The number of nitrogens with one attached hydrogen (secondary N) is 2. The van der Waals surface area contributed by atoms with Crippen LogP contribution in [0.4, 0.5) is 0 Å². The molecule has 2 amide bonds. The highest BCUT2D eigenvalue weighted by atomic mass is 16.5. The number of benzene rings is 1. The summed E-state index contributed by atoms with van der Waals surface area (Å²) in [5.74, 6) is -0.193. The summed E-state index contributed by atoms with van der Waals surface area (Å²) in [5.41, 5.74) is 1.14. The molecule has 2 saturated carbocycles. The maximum absolute atomic E-state index is 12.0. The van der Waals surface area contributed by atoms with E-state index in [4.69, 9.17) is 4.74 Å². The average Bonchev–Trinajstić information content (AvgIpc) is 3.26. The number of hydrogen-bond acceptors (Lipinski definition) is 3. The standard InChI is InChI=1S/C18H24N2O3/c1-23-15-8-4-13(5-9-15)18(10-2-3-11-18)12-19-16(21)17(22)20-14-6-7-14/h4-5,8-9,14H,2-3,6-7,10-12H2,1H3,(H,19,21)(H,20,22). The Labute approximate surface area is 136 Å². The van der Waals surface area contributed by atoms with Gasteiger partial charge in [-0.1, -0.05) is 25.0 Å². The highest BCUT2D eigenvalue weighted by Gasteiger charge is 2.36.